The van der Waals surface area contributed by atoms with Gasteiger partial charge in [0.2, 0.25) is 0 Å². The van der Waals surface area contributed by atoms with Gasteiger partial charge in [-0.2, -0.15) is 0 Å². The second-order valence-electron chi connectivity index (χ2n) is 6.73. The van der Waals surface area contributed by atoms with Crippen molar-refractivity contribution < 1.29 is 19.0 Å². The van der Waals surface area contributed by atoms with E-state index in [2.05, 4.69) is 26.2 Å². The first-order valence-electron chi connectivity index (χ1n) is 9.07. The van der Waals surface area contributed by atoms with Gasteiger partial charge in [-0.15, -0.1) is 11.3 Å². The Kier molecular flexibility index (Phi) is 6.49. The fourth-order valence-corrected chi connectivity index (χ4v) is 4.77. The topological polar surface area (TPSA) is 87.1 Å². The molecule has 2 aliphatic rings. The molecular weight excluding hydrogens is 499 g/mol. The lowest BCUT2D eigenvalue weighted by molar-refractivity contribution is -0.149. The molecule has 3 heterocycles. The normalized spacial score (nSPS) is 22.6. The highest BCUT2D eigenvalue weighted by Crippen LogP contribution is 2.39. The molecule has 1 aromatic carbocycles. The van der Waals surface area contributed by atoms with Gasteiger partial charge < -0.3 is 15.2 Å². The van der Waals surface area contributed by atoms with Gasteiger partial charge in [-0.25, -0.2) is 9.37 Å². The Balaban J connectivity index is 1.72. The van der Waals surface area contributed by atoms with E-state index in [-0.39, 0.29) is 11.6 Å². The Labute approximate surface area is 189 Å². The van der Waals surface area contributed by atoms with Crippen molar-refractivity contribution in [1.82, 2.24) is 15.2 Å². The zero-order valence-electron chi connectivity index (χ0n) is 15.5. The van der Waals surface area contributed by atoms with E-state index in [4.69, 9.17) is 21.3 Å². The fraction of sp³-hybridized carbons (Fsp3) is 0.316. The van der Waals surface area contributed by atoms with Gasteiger partial charge in [-0.3, -0.25) is 14.7 Å². The number of rotatable bonds is 5. The average Bonchev–Trinajstić information content (AvgIpc) is 3.25. The molecule has 158 valence electrons. The summed E-state index contributed by atoms with van der Waals surface area (Å²) >= 11 is 11.4. The first kappa shape index (κ1) is 21.4. The van der Waals surface area contributed by atoms with Crippen molar-refractivity contribution in [3.05, 3.63) is 61.4 Å². The number of carboxylic acids is 1. The summed E-state index contributed by atoms with van der Waals surface area (Å²) in [5.74, 6) is -0.817. The minimum Gasteiger partial charge on any atom is -0.480 e. The minimum absolute atomic E-state index is 0.126. The average molecular weight is 516 g/mol. The number of carbonyl (C=O) groups is 1. The van der Waals surface area contributed by atoms with Crippen LogP contribution in [0.4, 0.5) is 4.39 Å². The highest BCUT2D eigenvalue weighted by atomic mass is 79.9. The molecule has 1 fully saturated rings. The zero-order chi connectivity index (χ0) is 21.3. The lowest BCUT2D eigenvalue weighted by Gasteiger charge is -2.35. The maximum absolute atomic E-state index is 13.6. The van der Waals surface area contributed by atoms with E-state index >= 15 is 0 Å². The molecule has 11 heteroatoms. The van der Waals surface area contributed by atoms with E-state index < -0.39 is 23.9 Å². The summed E-state index contributed by atoms with van der Waals surface area (Å²) in [6.45, 7) is 1.39. The molecule has 0 amide bonds. The molecule has 0 bridgehead atoms. The highest BCUT2D eigenvalue weighted by Gasteiger charge is 2.33. The number of carboxylic acid groups (broad SMARTS) is 1. The number of nitrogens with one attached hydrogen (secondary N) is 1. The summed E-state index contributed by atoms with van der Waals surface area (Å²) < 4.78 is 19.6. The summed E-state index contributed by atoms with van der Waals surface area (Å²) in [5.41, 5.74) is 1.38. The van der Waals surface area contributed by atoms with E-state index in [1.165, 1.54) is 23.5 Å². The number of hydrogen-bond donors (Lipinski definition) is 2. The van der Waals surface area contributed by atoms with Gasteiger partial charge >= 0.3 is 5.97 Å². The molecule has 1 aromatic heterocycles. The maximum Gasteiger partial charge on any atom is 0.323 e. The van der Waals surface area contributed by atoms with Crippen molar-refractivity contribution in [3.8, 4) is 0 Å². The third-order valence-corrected chi connectivity index (χ3v) is 6.85. The number of thiazole rings is 1. The molecule has 2 atom stereocenters. The van der Waals surface area contributed by atoms with Gasteiger partial charge in [-0.1, -0.05) is 33.6 Å². The largest absolute Gasteiger partial charge is 0.480 e. The number of hydrogen-bond acceptors (Lipinski definition) is 7. The monoisotopic (exact) mass is 514 g/mol. The SMILES string of the molecule is O=C(O)[C@@H]1COCCN1CC1=C(Br)C(c2ccc(F)cc2Cl)N=C(c2nccs2)N1. The van der Waals surface area contributed by atoms with E-state index in [0.29, 0.717) is 40.6 Å². The Morgan fingerprint density at radius 2 is 2.33 bits per heavy atom. The van der Waals surface area contributed by atoms with Crippen LogP contribution in [0, 0.1) is 5.82 Å². The van der Waals surface area contributed by atoms with Crippen LogP contribution in [0.1, 0.15) is 16.6 Å². The van der Waals surface area contributed by atoms with Gasteiger partial charge in [0, 0.05) is 45.4 Å². The number of ether oxygens (including phenoxy) is 1. The summed E-state index contributed by atoms with van der Waals surface area (Å²) in [6, 6.07) is 2.93. The number of aliphatic imine (C=N–C) groups is 1. The van der Waals surface area contributed by atoms with Crippen LogP contribution >= 0.6 is 38.9 Å². The third-order valence-electron chi connectivity index (χ3n) is 4.83. The van der Waals surface area contributed by atoms with E-state index in [9.17, 15) is 14.3 Å². The van der Waals surface area contributed by atoms with Gasteiger partial charge in [0.05, 0.1) is 13.2 Å². The molecule has 2 aromatic rings. The maximum atomic E-state index is 13.6. The summed E-state index contributed by atoms with van der Waals surface area (Å²) in [4.78, 5) is 22.5. The van der Waals surface area contributed by atoms with Gasteiger partial charge in [0.15, 0.2) is 10.8 Å². The molecule has 1 unspecified atom stereocenters. The molecule has 0 radical (unpaired) electrons. The first-order chi connectivity index (χ1) is 14.4. The predicted octanol–water partition coefficient (Wildman–Crippen LogP) is 3.42. The lowest BCUT2D eigenvalue weighted by Crippen LogP contribution is -2.52. The van der Waals surface area contributed by atoms with E-state index in [1.54, 1.807) is 12.3 Å². The van der Waals surface area contributed by atoms with Gasteiger partial charge in [-0.05, 0) is 12.1 Å². The first-order valence-corrected chi connectivity index (χ1v) is 11.1. The molecule has 30 heavy (non-hydrogen) atoms. The summed E-state index contributed by atoms with van der Waals surface area (Å²) in [6.07, 6.45) is 1.68. The van der Waals surface area contributed by atoms with Gasteiger partial charge in [0.25, 0.3) is 0 Å². The Bertz CT molecular complexity index is 1020. The number of morpholine rings is 1. The molecule has 1 saturated heterocycles. The van der Waals surface area contributed by atoms with Crippen LogP contribution < -0.4 is 5.32 Å². The summed E-state index contributed by atoms with van der Waals surface area (Å²) in [7, 11) is 0. The number of amidine groups is 1. The number of aromatic nitrogens is 1. The smallest absolute Gasteiger partial charge is 0.323 e. The van der Waals surface area contributed by atoms with E-state index in [0.717, 1.165) is 5.70 Å². The van der Waals surface area contributed by atoms with Crippen molar-refractivity contribution in [1.29, 1.82) is 0 Å². The van der Waals surface area contributed by atoms with Crippen molar-refractivity contribution in [2.24, 2.45) is 4.99 Å². The summed E-state index contributed by atoms with van der Waals surface area (Å²) in [5, 5.41) is 15.6. The second-order valence-corrected chi connectivity index (χ2v) is 8.89. The van der Waals surface area contributed by atoms with Crippen LogP contribution in [-0.2, 0) is 9.53 Å². The molecule has 7 nitrogen and oxygen atoms in total. The highest BCUT2D eigenvalue weighted by molar-refractivity contribution is 9.11. The molecule has 4 rings (SSSR count). The second kappa shape index (κ2) is 9.11. The molecule has 0 saturated carbocycles. The standard InChI is InChI=1S/C19H17BrClFN4O3S/c20-15-13(8-26-4-5-29-9-14(26)19(27)28)24-17(18-23-3-6-30-18)25-16(15)11-2-1-10(22)7-12(11)21/h1-3,6-7,14,16H,4-5,8-9H2,(H,24,25)(H,27,28)/t14-,16?/m0/s1. The quantitative estimate of drug-likeness (QED) is 0.635. The number of nitrogens with zero attached hydrogens (tertiary/aromatic N) is 3. The number of halogens is 3. The van der Waals surface area contributed by atoms with Crippen LogP contribution in [0.15, 0.2) is 44.9 Å². The Morgan fingerprint density at radius 1 is 1.50 bits per heavy atom. The molecule has 2 N–H and O–H groups in total. The minimum atomic E-state index is -0.936. The number of benzene rings is 1. The zero-order valence-corrected chi connectivity index (χ0v) is 18.7. The molecule has 2 aliphatic heterocycles. The van der Waals surface area contributed by atoms with Crippen molar-refractivity contribution in [2.75, 3.05) is 26.3 Å². The third kappa shape index (κ3) is 4.42. The predicted molar refractivity (Wildman–Crippen MR) is 116 cm³/mol. The van der Waals surface area contributed by atoms with Crippen LogP contribution in [0.2, 0.25) is 5.02 Å². The molecular formula is C19H17BrClFN4O3S. The molecule has 0 aliphatic carbocycles. The molecule has 0 spiro atoms. The van der Waals surface area contributed by atoms with Crippen molar-refractivity contribution in [3.63, 3.8) is 0 Å². The number of aliphatic carboxylic acids is 1. The Morgan fingerprint density at radius 3 is 3.03 bits per heavy atom. The van der Waals surface area contributed by atoms with E-state index in [1.807, 2.05) is 10.3 Å². The van der Waals surface area contributed by atoms with Crippen molar-refractivity contribution in [2.45, 2.75) is 12.1 Å². The van der Waals surface area contributed by atoms with Crippen LogP contribution in [-0.4, -0.2) is 59.1 Å². The lowest BCUT2D eigenvalue weighted by atomic mass is 10.0. The fourth-order valence-electron chi connectivity index (χ4n) is 3.34. The van der Waals surface area contributed by atoms with Crippen molar-refractivity contribution >= 4 is 50.7 Å². The Hall–Kier alpha value is -1.85. The van der Waals surface area contributed by atoms with Gasteiger partial charge in [0.1, 0.15) is 17.9 Å². The van der Waals surface area contributed by atoms with Crippen LogP contribution in [0.25, 0.3) is 0 Å². The van der Waals surface area contributed by atoms with Crippen LogP contribution in [0.5, 0.6) is 0 Å². The van der Waals surface area contributed by atoms with Crippen LogP contribution in [0.3, 0.4) is 0 Å².